The van der Waals surface area contributed by atoms with Gasteiger partial charge in [-0.05, 0) is 11.6 Å². The van der Waals surface area contributed by atoms with E-state index in [0.717, 1.165) is 16.8 Å². The van der Waals surface area contributed by atoms with Crippen LogP contribution in [0.4, 0.5) is 11.5 Å². The normalized spacial score (nSPS) is 10.3. The number of nitrogens with one attached hydrogen (secondary N) is 1. The standard InChI is InChI=1S/C14H16N4O2/c1-9(19)18-14-5-12(15)11(7-17-14)13-4-3-10(6-16-13)8-20-2/h3-7H,8H2,1-2H3,(H3,15,17,18,19). The number of hydrogen-bond donors (Lipinski definition) is 2. The van der Waals surface area contributed by atoms with E-state index < -0.39 is 0 Å². The van der Waals surface area contributed by atoms with Crippen LogP contribution in [-0.4, -0.2) is 23.0 Å². The number of hydrogen-bond acceptors (Lipinski definition) is 5. The van der Waals surface area contributed by atoms with E-state index in [9.17, 15) is 4.79 Å². The Bertz CT molecular complexity index is 611. The molecule has 0 spiro atoms. The van der Waals surface area contributed by atoms with E-state index in [1.807, 2.05) is 12.1 Å². The lowest BCUT2D eigenvalue weighted by atomic mass is 10.1. The zero-order chi connectivity index (χ0) is 14.5. The number of methoxy groups -OCH3 is 1. The van der Waals surface area contributed by atoms with Crippen LogP contribution in [0.25, 0.3) is 11.3 Å². The van der Waals surface area contributed by atoms with Crippen molar-refractivity contribution < 1.29 is 9.53 Å². The molecule has 104 valence electrons. The fraction of sp³-hybridized carbons (Fsp3) is 0.214. The van der Waals surface area contributed by atoms with Gasteiger partial charge < -0.3 is 15.8 Å². The maximum absolute atomic E-state index is 11.0. The Morgan fingerprint density at radius 2 is 2.15 bits per heavy atom. The third-order valence-electron chi connectivity index (χ3n) is 2.65. The van der Waals surface area contributed by atoms with Gasteiger partial charge in [-0.3, -0.25) is 9.78 Å². The molecule has 0 atom stereocenters. The zero-order valence-electron chi connectivity index (χ0n) is 11.4. The van der Waals surface area contributed by atoms with Crippen LogP contribution < -0.4 is 11.1 Å². The van der Waals surface area contributed by atoms with Gasteiger partial charge in [0.25, 0.3) is 0 Å². The molecular weight excluding hydrogens is 256 g/mol. The Labute approximate surface area is 117 Å². The second kappa shape index (κ2) is 6.12. The van der Waals surface area contributed by atoms with Crippen molar-refractivity contribution >= 4 is 17.4 Å². The van der Waals surface area contributed by atoms with Gasteiger partial charge in [-0.25, -0.2) is 4.98 Å². The molecule has 0 radical (unpaired) electrons. The Morgan fingerprint density at radius 3 is 2.70 bits per heavy atom. The van der Waals surface area contributed by atoms with Crippen LogP contribution in [0, 0.1) is 0 Å². The summed E-state index contributed by atoms with van der Waals surface area (Å²) >= 11 is 0. The van der Waals surface area contributed by atoms with Crippen molar-refractivity contribution in [1.29, 1.82) is 0 Å². The first-order valence-corrected chi connectivity index (χ1v) is 6.07. The monoisotopic (exact) mass is 272 g/mol. The molecule has 0 bridgehead atoms. The Hall–Kier alpha value is -2.47. The summed E-state index contributed by atoms with van der Waals surface area (Å²) in [6.07, 6.45) is 3.33. The summed E-state index contributed by atoms with van der Waals surface area (Å²) in [6, 6.07) is 5.40. The summed E-state index contributed by atoms with van der Waals surface area (Å²) in [6.45, 7) is 1.93. The van der Waals surface area contributed by atoms with Crippen molar-refractivity contribution in [2.24, 2.45) is 0 Å². The lowest BCUT2D eigenvalue weighted by Crippen LogP contribution is -2.08. The van der Waals surface area contributed by atoms with Crippen LogP contribution in [-0.2, 0) is 16.1 Å². The summed E-state index contributed by atoms with van der Waals surface area (Å²) in [5, 5.41) is 2.58. The number of rotatable bonds is 4. The molecule has 2 aromatic heterocycles. The highest BCUT2D eigenvalue weighted by Gasteiger charge is 2.07. The first-order valence-electron chi connectivity index (χ1n) is 6.07. The Morgan fingerprint density at radius 1 is 1.35 bits per heavy atom. The van der Waals surface area contributed by atoms with Crippen LogP contribution in [0.2, 0.25) is 0 Å². The maximum atomic E-state index is 11.0. The highest BCUT2D eigenvalue weighted by molar-refractivity contribution is 5.89. The van der Waals surface area contributed by atoms with E-state index in [1.165, 1.54) is 6.92 Å². The number of carbonyl (C=O) groups excluding carboxylic acids is 1. The minimum absolute atomic E-state index is 0.188. The fourth-order valence-electron chi connectivity index (χ4n) is 1.77. The lowest BCUT2D eigenvalue weighted by molar-refractivity contribution is -0.114. The molecule has 0 aliphatic rings. The van der Waals surface area contributed by atoms with E-state index >= 15 is 0 Å². The molecule has 20 heavy (non-hydrogen) atoms. The van der Waals surface area contributed by atoms with E-state index in [4.69, 9.17) is 10.5 Å². The molecule has 0 unspecified atom stereocenters. The summed E-state index contributed by atoms with van der Waals surface area (Å²) < 4.78 is 5.03. The smallest absolute Gasteiger partial charge is 0.222 e. The molecule has 0 aliphatic carbocycles. The molecule has 0 saturated carbocycles. The van der Waals surface area contributed by atoms with E-state index in [2.05, 4.69) is 15.3 Å². The van der Waals surface area contributed by atoms with E-state index in [-0.39, 0.29) is 5.91 Å². The van der Waals surface area contributed by atoms with E-state index in [0.29, 0.717) is 18.1 Å². The number of amides is 1. The van der Waals surface area contributed by atoms with Gasteiger partial charge in [-0.2, -0.15) is 0 Å². The predicted octanol–water partition coefficient (Wildman–Crippen LogP) is 1.83. The molecular formula is C14H16N4O2. The molecule has 1 amide bonds. The van der Waals surface area contributed by atoms with Gasteiger partial charge in [0.2, 0.25) is 5.91 Å². The lowest BCUT2D eigenvalue weighted by Gasteiger charge is -2.08. The Kier molecular flexibility index (Phi) is 4.27. The number of nitrogen functional groups attached to an aromatic ring is 1. The molecule has 2 heterocycles. The van der Waals surface area contributed by atoms with Crippen LogP contribution in [0.15, 0.2) is 30.6 Å². The number of aromatic nitrogens is 2. The fourth-order valence-corrected chi connectivity index (χ4v) is 1.77. The van der Waals surface area contributed by atoms with Crippen LogP contribution in [0.5, 0.6) is 0 Å². The quantitative estimate of drug-likeness (QED) is 0.886. The second-order valence-electron chi connectivity index (χ2n) is 4.32. The minimum Gasteiger partial charge on any atom is -0.398 e. The van der Waals surface area contributed by atoms with Gasteiger partial charge in [-0.1, -0.05) is 6.07 Å². The highest BCUT2D eigenvalue weighted by Crippen LogP contribution is 2.25. The SMILES string of the molecule is COCc1ccc(-c2cnc(NC(C)=O)cc2N)nc1. The number of nitrogens with zero attached hydrogens (tertiary/aromatic N) is 2. The summed E-state index contributed by atoms with van der Waals surface area (Å²) in [5.74, 6) is 0.237. The van der Waals surface area contributed by atoms with Gasteiger partial charge in [-0.15, -0.1) is 0 Å². The zero-order valence-corrected chi connectivity index (χ0v) is 11.4. The van der Waals surface area contributed by atoms with Crippen molar-refractivity contribution in [2.45, 2.75) is 13.5 Å². The summed E-state index contributed by atoms with van der Waals surface area (Å²) in [4.78, 5) is 19.4. The topological polar surface area (TPSA) is 90.1 Å². The van der Waals surface area contributed by atoms with Gasteiger partial charge in [0.05, 0.1) is 12.3 Å². The van der Waals surface area contributed by atoms with Gasteiger partial charge in [0, 0.05) is 43.7 Å². The summed E-state index contributed by atoms with van der Waals surface area (Å²) in [7, 11) is 1.64. The van der Waals surface area contributed by atoms with Crippen molar-refractivity contribution in [3.8, 4) is 11.3 Å². The number of pyridine rings is 2. The first kappa shape index (κ1) is 14.0. The second-order valence-corrected chi connectivity index (χ2v) is 4.32. The largest absolute Gasteiger partial charge is 0.398 e. The van der Waals surface area contributed by atoms with Crippen molar-refractivity contribution in [3.05, 3.63) is 36.2 Å². The molecule has 2 aromatic rings. The van der Waals surface area contributed by atoms with Gasteiger partial charge in [0.15, 0.2) is 0 Å². The van der Waals surface area contributed by atoms with Gasteiger partial charge in [0.1, 0.15) is 5.82 Å². The number of anilines is 2. The summed E-state index contributed by atoms with van der Waals surface area (Å²) in [5.41, 5.74) is 8.91. The van der Waals surface area contributed by atoms with Crippen molar-refractivity contribution in [1.82, 2.24) is 9.97 Å². The number of carbonyl (C=O) groups is 1. The average Bonchev–Trinajstić information content (AvgIpc) is 2.40. The minimum atomic E-state index is -0.188. The molecule has 0 fully saturated rings. The van der Waals surface area contributed by atoms with Crippen LogP contribution >= 0.6 is 0 Å². The van der Waals surface area contributed by atoms with Crippen molar-refractivity contribution in [2.75, 3.05) is 18.2 Å². The number of nitrogens with two attached hydrogens (primary N) is 1. The molecule has 0 aromatic carbocycles. The predicted molar refractivity (Wildman–Crippen MR) is 76.9 cm³/mol. The van der Waals surface area contributed by atoms with Crippen LogP contribution in [0.3, 0.4) is 0 Å². The Balaban J connectivity index is 2.26. The first-order chi connectivity index (χ1) is 9.60. The molecule has 2 rings (SSSR count). The van der Waals surface area contributed by atoms with Crippen LogP contribution in [0.1, 0.15) is 12.5 Å². The average molecular weight is 272 g/mol. The maximum Gasteiger partial charge on any atom is 0.222 e. The molecule has 6 heteroatoms. The molecule has 3 N–H and O–H groups in total. The molecule has 0 saturated heterocycles. The van der Waals surface area contributed by atoms with E-state index in [1.54, 1.807) is 25.6 Å². The third kappa shape index (κ3) is 3.30. The highest BCUT2D eigenvalue weighted by atomic mass is 16.5. The molecule has 6 nitrogen and oxygen atoms in total. The number of ether oxygens (including phenoxy) is 1. The van der Waals surface area contributed by atoms with Gasteiger partial charge >= 0.3 is 0 Å². The van der Waals surface area contributed by atoms with Crippen molar-refractivity contribution in [3.63, 3.8) is 0 Å². The molecule has 0 aliphatic heterocycles. The third-order valence-corrected chi connectivity index (χ3v) is 2.65.